The van der Waals surface area contributed by atoms with Gasteiger partial charge in [-0.15, -0.1) is 0 Å². The lowest BCUT2D eigenvalue weighted by molar-refractivity contribution is -0.300. The highest BCUT2D eigenvalue weighted by Crippen LogP contribution is 2.43. The van der Waals surface area contributed by atoms with Gasteiger partial charge in [-0.1, -0.05) is 48.5 Å². The third kappa shape index (κ3) is 15.6. The lowest BCUT2D eigenvalue weighted by atomic mass is 9.76. The molecule has 4 aliphatic rings. The molecule has 0 spiro atoms. The van der Waals surface area contributed by atoms with Crippen LogP contribution in [0.5, 0.6) is 0 Å². The second-order valence-electron chi connectivity index (χ2n) is 18.1. The predicted octanol–water partition coefficient (Wildman–Crippen LogP) is 3.97. The Hall–Kier alpha value is -1.05. The number of hydrogen-bond acceptors (Lipinski definition) is 15. The molecule has 4 heterocycles. The number of nitrogens with zero attached hydrogens (tertiary/aromatic N) is 2. The van der Waals surface area contributed by atoms with Gasteiger partial charge in [0.1, 0.15) is 17.8 Å². The van der Waals surface area contributed by atoms with E-state index in [4.69, 9.17) is 38.3 Å². The molecular formula is C44H88N2O13. The van der Waals surface area contributed by atoms with Gasteiger partial charge in [0.2, 0.25) is 0 Å². The van der Waals surface area contributed by atoms with E-state index in [9.17, 15) is 25.2 Å². The van der Waals surface area contributed by atoms with Crippen LogP contribution in [0.15, 0.2) is 0 Å². The van der Waals surface area contributed by atoms with Crippen molar-refractivity contribution in [1.82, 2.24) is 9.80 Å². The van der Waals surface area contributed by atoms with E-state index in [1.54, 1.807) is 41.5 Å². The average Bonchev–Trinajstić information content (AvgIpc) is 3.26. The molecule has 15 heteroatoms. The zero-order valence-corrected chi connectivity index (χ0v) is 39.8. The van der Waals surface area contributed by atoms with Gasteiger partial charge >= 0.3 is 5.97 Å². The molecule has 4 saturated heterocycles. The van der Waals surface area contributed by atoms with Crippen LogP contribution in [0.25, 0.3) is 0 Å². The molecule has 0 aromatic rings. The quantitative estimate of drug-likeness (QED) is 0.158. The van der Waals surface area contributed by atoms with Crippen molar-refractivity contribution >= 4 is 5.97 Å². The minimum absolute atomic E-state index is 0.0237. The Kier molecular flexibility index (Phi) is 24.0. The van der Waals surface area contributed by atoms with Gasteiger partial charge in [0.25, 0.3) is 0 Å². The molecule has 0 radical (unpaired) electrons. The van der Waals surface area contributed by atoms with Crippen molar-refractivity contribution in [3.05, 3.63) is 0 Å². The zero-order valence-electron chi connectivity index (χ0n) is 39.8. The van der Waals surface area contributed by atoms with Crippen LogP contribution in [-0.4, -0.2) is 180 Å². The summed E-state index contributed by atoms with van der Waals surface area (Å²) >= 11 is 0. The maximum Gasteiger partial charge on any atom is 0.311 e. The summed E-state index contributed by atoms with van der Waals surface area (Å²) in [5, 5.41) is 54.1. The summed E-state index contributed by atoms with van der Waals surface area (Å²) in [4.78, 5) is 18.0. The number of methoxy groups -OCH3 is 1. The summed E-state index contributed by atoms with van der Waals surface area (Å²) in [5.74, 6) is -1.04. The standard InChI is InChI=1S/C36H66N2O12.C4H10O.2C2H6/c1-20(18-37(9)10)16-36(43)27-19-45-13-12-38(27)30-25(39)14-21(2)46-33(30)50-28(36)15-26(22(3)32(41)48-24(5)34(6,7)42)49-29-17-35(8,44-11)31(40)23(4)47-29;1-4(2)3-5;2*1-2/h20-31,33,39-40,42-43H,12-19H2,1-11H3;4-5H,3H2,1-2H3;2*1-2H3/t20-,21-,22-,23+,24-,25-,26+,27?,28-,29+,30+,31+,33+,35-,36+;;;/m1.../s1. The zero-order chi connectivity index (χ0) is 45.6. The molecule has 4 fully saturated rings. The highest BCUT2D eigenvalue weighted by atomic mass is 16.7. The largest absolute Gasteiger partial charge is 0.459 e. The molecule has 1 unspecified atom stereocenters. The van der Waals surface area contributed by atoms with Gasteiger partial charge in [0, 0.05) is 46.1 Å². The monoisotopic (exact) mass is 853 g/mol. The summed E-state index contributed by atoms with van der Waals surface area (Å²) in [5.41, 5.74) is -3.79. The molecule has 59 heavy (non-hydrogen) atoms. The SMILES string of the molecule is CC.CC.CC(C)CO.CO[C@]1(C)C[C@H](O[C@@H](C[C@H]2O[C@@H]3O[C@H](C)C[C@@H](O)[C@@H]3N3CCOCC3[C@@]2(O)C[C@@H](C)CN(C)C)[C@@H](C)C(=O)O[C@H](C)C(C)(C)O)O[C@@H](C)[C@@H]1O. The number of ether oxygens (including phenoxy) is 7. The van der Waals surface area contributed by atoms with Crippen LogP contribution in [0.3, 0.4) is 0 Å². The highest BCUT2D eigenvalue weighted by Gasteiger charge is 2.59. The molecule has 0 aliphatic carbocycles. The van der Waals surface area contributed by atoms with Crippen LogP contribution in [0, 0.1) is 17.8 Å². The molecule has 15 nitrogen and oxygen atoms in total. The van der Waals surface area contributed by atoms with Gasteiger partial charge in [0.15, 0.2) is 12.6 Å². The third-order valence-electron chi connectivity index (χ3n) is 11.8. The molecule has 4 aliphatic heterocycles. The maximum atomic E-state index is 13.8. The van der Waals surface area contributed by atoms with Crippen LogP contribution in [0.2, 0.25) is 0 Å². The topological polar surface area (TPSA) is 189 Å². The van der Waals surface area contributed by atoms with Crippen LogP contribution in [0.4, 0.5) is 0 Å². The fourth-order valence-electron chi connectivity index (χ4n) is 8.14. The molecule has 15 atom stereocenters. The van der Waals surface area contributed by atoms with Crippen LogP contribution in [0.1, 0.15) is 123 Å². The minimum atomic E-state index is -1.52. The molecule has 4 rings (SSSR count). The number of esters is 1. The Labute approximate surface area is 357 Å². The van der Waals surface area contributed by atoms with E-state index in [0.29, 0.717) is 45.1 Å². The molecule has 5 N–H and O–H groups in total. The fourth-order valence-corrected chi connectivity index (χ4v) is 8.14. The minimum Gasteiger partial charge on any atom is -0.459 e. The Morgan fingerprint density at radius 2 is 1.61 bits per heavy atom. The lowest BCUT2D eigenvalue weighted by Gasteiger charge is -2.50. The average molecular weight is 853 g/mol. The highest BCUT2D eigenvalue weighted by molar-refractivity contribution is 5.73. The number of carbonyl (C=O) groups excluding carboxylic acids is 1. The van der Waals surface area contributed by atoms with Crippen LogP contribution >= 0.6 is 0 Å². The molecule has 352 valence electrons. The summed E-state index contributed by atoms with van der Waals surface area (Å²) in [6.45, 7) is 28.0. The van der Waals surface area contributed by atoms with Gasteiger partial charge in [-0.25, -0.2) is 0 Å². The van der Waals surface area contributed by atoms with E-state index in [1.165, 1.54) is 7.11 Å². The number of rotatable bonds is 14. The Balaban J connectivity index is 0.00000177. The first kappa shape index (κ1) is 56.0. The maximum absolute atomic E-state index is 13.8. The van der Waals surface area contributed by atoms with E-state index >= 15 is 0 Å². The molecule has 0 aromatic heterocycles. The first-order valence-corrected chi connectivity index (χ1v) is 22.2. The number of morpholine rings is 1. The normalized spacial score (nSPS) is 35.8. The van der Waals surface area contributed by atoms with Crippen molar-refractivity contribution in [2.75, 3.05) is 54.1 Å². The predicted molar refractivity (Wildman–Crippen MR) is 228 cm³/mol. The Morgan fingerprint density at radius 3 is 2.14 bits per heavy atom. The fraction of sp³-hybridized carbons (Fsp3) is 0.977. The molecule has 0 aromatic carbocycles. The second kappa shape index (κ2) is 25.3. The van der Waals surface area contributed by atoms with Crippen molar-refractivity contribution < 1.29 is 63.5 Å². The number of carbonyl (C=O) groups is 1. The van der Waals surface area contributed by atoms with Crippen molar-refractivity contribution in [1.29, 1.82) is 0 Å². The Morgan fingerprint density at radius 1 is 1.02 bits per heavy atom. The van der Waals surface area contributed by atoms with E-state index in [2.05, 4.69) is 16.7 Å². The van der Waals surface area contributed by atoms with Crippen molar-refractivity contribution in [2.45, 2.75) is 207 Å². The van der Waals surface area contributed by atoms with Crippen molar-refractivity contribution in [2.24, 2.45) is 17.8 Å². The van der Waals surface area contributed by atoms with E-state index < -0.39 is 90.0 Å². The van der Waals surface area contributed by atoms with E-state index in [1.807, 2.05) is 62.6 Å². The number of aliphatic hydroxyl groups excluding tert-OH is 3. The van der Waals surface area contributed by atoms with Crippen molar-refractivity contribution in [3.63, 3.8) is 0 Å². The second-order valence-corrected chi connectivity index (χ2v) is 18.1. The summed E-state index contributed by atoms with van der Waals surface area (Å²) in [7, 11) is 5.50. The van der Waals surface area contributed by atoms with Gasteiger partial charge < -0.3 is 63.6 Å². The molecule has 0 bridgehead atoms. The van der Waals surface area contributed by atoms with Gasteiger partial charge in [-0.05, 0) is 80.8 Å². The van der Waals surface area contributed by atoms with Crippen LogP contribution < -0.4 is 0 Å². The smallest absolute Gasteiger partial charge is 0.311 e. The molecule has 0 amide bonds. The van der Waals surface area contributed by atoms with Gasteiger partial charge in [-0.2, -0.15) is 0 Å². The molecule has 0 saturated carbocycles. The summed E-state index contributed by atoms with van der Waals surface area (Å²) in [6.07, 6.45) is -6.08. The number of aliphatic hydroxyl groups is 5. The Bertz CT molecular complexity index is 1180. The number of fused-ring (bicyclic) bond motifs is 3. The van der Waals surface area contributed by atoms with E-state index in [0.717, 1.165) is 0 Å². The first-order valence-electron chi connectivity index (χ1n) is 22.2. The first-order chi connectivity index (χ1) is 27.5. The summed E-state index contributed by atoms with van der Waals surface area (Å²) in [6, 6.07) is -1.09. The number of hydrogen-bond donors (Lipinski definition) is 5. The van der Waals surface area contributed by atoms with Gasteiger partial charge in [-0.3, -0.25) is 9.69 Å². The summed E-state index contributed by atoms with van der Waals surface area (Å²) < 4.78 is 43.5. The van der Waals surface area contributed by atoms with Crippen LogP contribution in [-0.2, 0) is 38.0 Å². The van der Waals surface area contributed by atoms with E-state index in [-0.39, 0.29) is 31.5 Å². The molecular weight excluding hydrogens is 764 g/mol. The third-order valence-corrected chi connectivity index (χ3v) is 11.8. The lowest BCUT2D eigenvalue weighted by Crippen LogP contribution is -2.67. The van der Waals surface area contributed by atoms with Gasteiger partial charge in [0.05, 0.1) is 72.9 Å². The van der Waals surface area contributed by atoms with Crippen molar-refractivity contribution in [3.8, 4) is 0 Å².